The van der Waals surface area contributed by atoms with Crippen molar-refractivity contribution in [2.45, 2.75) is 109 Å². The number of piperidine rings is 1. The summed E-state index contributed by atoms with van der Waals surface area (Å²) in [5.41, 5.74) is 7.66. The molecule has 4 rings (SSSR count). The van der Waals surface area contributed by atoms with Crippen LogP contribution in [0.3, 0.4) is 0 Å². The van der Waals surface area contributed by atoms with Gasteiger partial charge in [0.1, 0.15) is 24.1 Å². The second-order valence-corrected chi connectivity index (χ2v) is 21.9. The molecule has 0 radical (unpaired) electrons. The topological polar surface area (TPSA) is 93.9 Å². The van der Waals surface area contributed by atoms with Crippen molar-refractivity contribution in [2.24, 2.45) is 5.73 Å². The van der Waals surface area contributed by atoms with Crippen molar-refractivity contribution in [1.29, 1.82) is 0 Å². The average molecular weight is 713 g/mol. The fraction of sp³-hybridized carbons (Fsp3) is 0.474. The predicted molar refractivity (Wildman–Crippen MR) is 199 cm³/mol. The number of nitrogens with one attached hydrogen (secondary N) is 1. The molecule has 1 atom stereocenters. The first-order valence-corrected chi connectivity index (χ1v) is 21.2. The third-order valence-corrected chi connectivity index (χ3v) is 11.3. The monoisotopic (exact) mass is 711 g/mol. The molecule has 2 amide bonds. The van der Waals surface area contributed by atoms with Gasteiger partial charge >= 0.3 is 0 Å². The molecule has 0 aliphatic carbocycles. The van der Waals surface area contributed by atoms with Crippen molar-refractivity contribution >= 4 is 43.1 Å². The molecule has 1 aliphatic heterocycles. The number of halogens is 2. The van der Waals surface area contributed by atoms with E-state index in [1.54, 1.807) is 35.2 Å². The van der Waals surface area contributed by atoms with Crippen LogP contribution in [0.25, 0.3) is 0 Å². The van der Waals surface area contributed by atoms with E-state index in [1.807, 2.05) is 36.4 Å². The van der Waals surface area contributed by atoms with E-state index in [2.05, 4.69) is 52.7 Å². The highest BCUT2D eigenvalue weighted by Crippen LogP contribution is 2.34. The Morgan fingerprint density at radius 2 is 1.44 bits per heavy atom. The molecule has 1 fully saturated rings. The maximum absolute atomic E-state index is 14.4. The van der Waals surface area contributed by atoms with Crippen molar-refractivity contribution in [3.63, 3.8) is 0 Å². The molecule has 0 spiro atoms. The molecule has 260 valence electrons. The van der Waals surface area contributed by atoms with Crippen LogP contribution in [0.1, 0.15) is 68.4 Å². The van der Waals surface area contributed by atoms with E-state index in [4.69, 9.17) is 38.4 Å². The maximum atomic E-state index is 14.4. The summed E-state index contributed by atoms with van der Waals surface area (Å²) in [7, 11) is -1.13. The molecule has 48 heavy (non-hydrogen) atoms. The van der Waals surface area contributed by atoms with Crippen LogP contribution >= 0.6 is 23.2 Å². The number of benzene rings is 3. The summed E-state index contributed by atoms with van der Waals surface area (Å²) in [6.07, 6.45) is 2.61. The molecule has 3 aromatic rings. The lowest BCUT2D eigenvalue weighted by Crippen LogP contribution is -2.65. The van der Waals surface area contributed by atoms with Crippen LogP contribution in [0.15, 0.2) is 66.7 Å². The van der Waals surface area contributed by atoms with E-state index >= 15 is 0 Å². The van der Waals surface area contributed by atoms with Crippen molar-refractivity contribution in [1.82, 2.24) is 10.2 Å². The number of hydrogen-bond donors (Lipinski definition) is 2. The molecular formula is C38H51Cl2N3O4Si. The summed E-state index contributed by atoms with van der Waals surface area (Å²) >= 11 is 12.6. The van der Waals surface area contributed by atoms with Crippen LogP contribution in [0.5, 0.6) is 11.5 Å². The normalized spacial score (nSPS) is 16.6. The SMILES string of the molecule is CC1(C)CC(N(C(=O)c2ccc(OCCC[Si](C)(C)C)cc2)[C@@H](Cc2ccc(OCc3c(Cl)cccc3Cl)cc2)C(N)=O)CC(C)(C)N1. The molecule has 3 aromatic carbocycles. The van der Waals surface area contributed by atoms with Gasteiger partial charge in [-0.2, -0.15) is 0 Å². The Morgan fingerprint density at radius 1 is 0.896 bits per heavy atom. The van der Waals surface area contributed by atoms with Gasteiger partial charge in [0.05, 0.1) is 6.61 Å². The first-order chi connectivity index (χ1) is 22.4. The molecule has 0 saturated carbocycles. The highest BCUT2D eigenvalue weighted by molar-refractivity contribution is 6.76. The number of amides is 2. The standard InChI is InChI=1S/C38H51Cl2N3O4Si/c1-37(2)23-28(24-38(3,4)42-37)43(36(45)27-14-18-29(19-15-27)46-20-9-21-48(5,6)7)34(35(41)44)22-26-12-16-30(17-13-26)47-25-31-32(39)10-8-11-33(31)40/h8,10-19,28,34,42H,9,20-25H2,1-7H3,(H2,41,44)/t34-/m0/s1. The number of primary amides is 1. The van der Waals surface area contributed by atoms with Gasteiger partial charge in [0.2, 0.25) is 5.91 Å². The molecule has 7 nitrogen and oxygen atoms in total. The lowest BCUT2D eigenvalue weighted by Gasteiger charge is -2.51. The lowest BCUT2D eigenvalue weighted by atomic mass is 9.78. The van der Waals surface area contributed by atoms with Crippen LogP contribution < -0.4 is 20.5 Å². The molecule has 0 unspecified atom stereocenters. The molecule has 1 aliphatic rings. The first kappa shape index (κ1) is 37.8. The zero-order chi connectivity index (χ0) is 35.3. The van der Waals surface area contributed by atoms with Gasteiger partial charge < -0.3 is 25.4 Å². The minimum absolute atomic E-state index is 0.216. The number of carbonyl (C=O) groups is 2. The van der Waals surface area contributed by atoms with Crippen LogP contribution in [0.4, 0.5) is 0 Å². The highest BCUT2D eigenvalue weighted by atomic mass is 35.5. The minimum atomic E-state index is -1.13. The molecule has 10 heteroatoms. The number of nitrogens with zero attached hydrogens (tertiary/aromatic N) is 1. The van der Waals surface area contributed by atoms with Crippen molar-refractivity contribution < 1.29 is 19.1 Å². The Morgan fingerprint density at radius 3 is 1.98 bits per heavy atom. The van der Waals surface area contributed by atoms with Gasteiger partial charge in [-0.05, 0) is 101 Å². The van der Waals surface area contributed by atoms with Crippen LogP contribution in [0, 0.1) is 0 Å². The van der Waals surface area contributed by atoms with E-state index < -0.39 is 20.0 Å². The predicted octanol–water partition coefficient (Wildman–Crippen LogP) is 8.53. The molecule has 3 N–H and O–H groups in total. The quantitative estimate of drug-likeness (QED) is 0.129. The second kappa shape index (κ2) is 15.7. The number of ether oxygens (including phenoxy) is 2. The van der Waals surface area contributed by atoms with E-state index in [9.17, 15) is 9.59 Å². The van der Waals surface area contributed by atoms with Crippen molar-refractivity contribution in [2.75, 3.05) is 6.61 Å². The second-order valence-electron chi connectivity index (χ2n) is 15.5. The van der Waals surface area contributed by atoms with Gasteiger partial charge in [-0.25, -0.2) is 0 Å². The van der Waals surface area contributed by atoms with Crippen LogP contribution in [0.2, 0.25) is 35.7 Å². The minimum Gasteiger partial charge on any atom is -0.494 e. The van der Waals surface area contributed by atoms with E-state index in [1.165, 1.54) is 6.04 Å². The van der Waals surface area contributed by atoms with Crippen LogP contribution in [-0.4, -0.2) is 54.6 Å². The first-order valence-electron chi connectivity index (χ1n) is 16.7. The maximum Gasteiger partial charge on any atom is 0.254 e. The van der Waals surface area contributed by atoms with Crippen molar-refractivity contribution in [3.05, 3.63) is 93.5 Å². The summed E-state index contributed by atoms with van der Waals surface area (Å²) < 4.78 is 11.9. The molecule has 0 bridgehead atoms. The van der Waals surface area contributed by atoms with Gasteiger partial charge in [-0.3, -0.25) is 9.59 Å². The molecule has 1 saturated heterocycles. The summed E-state index contributed by atoms with van der Waals surface area (Å²) in [5.74, 6) is 0.582. The van der Waals surface area contributed by atoms with Gasteiger partial charge in [-0.1, -0.05) is 67.1 Å². The zero-order valence-corrected chi connectivity index (χ0v) is 31.9. The lowest BCUT2D eigenvalue weighted by molar-refractivity contribution is -0.123. The third kappa shape index (κ3) is 10.7. The summed E-state index contributed by atoms with van der Waals surface area (Å²) in [5, 5.41) is 4.77. The Kier molecular flexibility index (Phi) is 12.3. The Balaban J connectivity index is 1.56. The Hall–Kier alpha value is -3.04. The van der Waals surface area contributed by atoms with E-state index in [0.29, 0.717) is 46.4 Å². The number of rotatable bonds is 14. The van der Waals surface area contributed by atoms with Crippen LogP contribution in [-0.2, 0) is 17.8 Å². The summed E-state index contributed by atoms with van der Waals surface area (Å²) in [6, 6.07) is 20.2. The molecule has 1 heterocycles. The van der Waals surface area contributed by atoms with Gasteiger partial charge in [0.25, 0.3) is 5.91 Å². The number of nitrogens with two attached hydrogens (primary N) is 1. The average Bonchev–Trinajstić information content (AvgIpc) is 2.97. The zero-order valence-electron chi connectivity index (χ0n) is 29.4. The van der Waals surface area contributed by atoms with E-state index in [-0.39, 0.29) is 36.1 Å². The molecular weight excluding hydrogens is 661 g/mol. The highest BCUT2D eigenvalue weighted by Gasteiger charge is 2.44. The van der Waals surface area contributed by atoms with Gasteiger partial charge in [0, 0.05) is 52.8 Å². The summed E-state index contributed by atoms with van der Waals surface area (Å²) in [4.78, 5) is 29.4. The smallest absolute Gasteiger partial charge is 0.254 e. The van der Waals surface area contributed by atoms with Gasteiger partial charge in [0.15, 0.2) is 0 Å². The van der Waals surface area contributed by atoms with E-state index in [0.717, 1.165) is 17.7 Å². The summed E-state index contributed by atoms with van der Waals surface area (Å²) in [6.45, 7) is 16.4. The van der Waals surface area contributed by atoms with Gasteiger partial charge in [-0.15, -0.1) is 0 Å². The van der Waals surface area contributed by atoms with Crippen molar-refractivity contribution in [3.8, 4) is 11.5 Å². The number of hydrogen-bond acceptors (Lipinski definition) is 5. The largest absolute Gasteiger partial charge is 0.494 e. The number of carbonyl (C=O) groups excluding carboxylic acids is 2. The third-order valence-electron chi connectivity index (χ3n) is 8.70. The molecule has 0 aromatic heterocycles. The fourth-order valence-electron chi connectivity index (χ4n) is 6.77. The fourth-order valence-corrected chi connectivity index (χ4v) is 8.48. The Labute approximate surface area is 297 Å². The Bertz CT molecular complexity index is 1520.